The van der Waals surface area contributed by atoms with Gasteiger partial charge in [-0.25, -0.2) is 0 Å². The van der Waals surface area contributed by atoms with Crippen molar-refractivity contribution in [3.05, 3.63) is 51.8 Å². The number of nitrogens with one attached hydrogen (secondary N) is 2. The zero-order valence-electron chi connectivity index (χ0n) is 14.8. The molecule has 0 radical (unpaired) electrons. The standard InChI is InChI=1S/C19H25BrN4O/c1-13(2)17-16(20)18(23-22-17)19(25)21-12-15(24-10-6-7-11-24)14-8-4-3-5-9-14/h3-5,8-9,13,15H,6-7,10-12H2,1-2H3,(H,21,25)(H,22,23). The van der Waals surface area contributed by atoms with Crippen LogP contribution in [0.5, 0.6) is 0 Å². The molecular formula is C19H25BrN4O. The number of halogens is 1. The molecule has 2 N–H and O–H groups in total. The number of carbonyl (C=O) groups is 1. The quantitative estimate of drug-likeness (QED) is 0.767. The van der Waals surface area contributed by atoms with E-state index in [0.29, 0.717) is 12.2 Å². The van der Waals surface area contributed by atoms with Crippen LogP contribution < -0.4 is 5.32 Å². The Hall–Kier alpha value is -1.66. The molecule has 6 heteroatoms. The van der Waals surface area contributed by atoms with Crippen LogP contribution in [0.25, 0.3) is 0 Å². The van der Waals surface area contributed by atoms with E-state index in [-0.39, 0.29) is 17.9 Å². The first kappa shape index (κ1) is 18.1. The van der Waals surface area contributed by atoms with Crippen LogP contribution >= 0.6 is 15.9 Å². The Morgan fingerprint density at radius 1 is 1.28 bits per heavy atom. The van der Waals surface area contributed by atoms with Crippen molar-refractivity contribution in [2.45, 2.75) is 38.6 Å². The summed E-state index contributed by atoms with van der Waals surface area (Å²) in [6.45, 7) is 6.88. The summed E-state index contributed by atoms with van der Waals surface area (Å²) < 4.78 is 0.762. The van der Waals surface area contributed by atoms with Gasteiger partial charge in [0.2, 0.25) is 0 Å². The number of hydrogen-bond acceptors (Lipinski definition) is 3. The van der Waals surface area contributed by atoms with Crippen LogP contribution in [0.3, 0.4) is 0 Å². The highest BCUT2D eigenvalue weighted by Crippen LogP contribution is 2.27. The molecule has 1 aromatic carbocycles. The molecule has 0 bridgehead atoms. The van der Waals surface area contributed by atoms with E-state index in [1.165, 1.54) is 18.4 Å². The van der Waals surface area contributed by atoms with Crippen molar-refractivity contribution in [1.29, 1.82) is 0 Å². The van der Waals surface area contributed by atoms with Crippen molar-refractivity contribution in [3.63, 3.8) is 0 Å². The molecule has 134 valence electrons. The second-order valence-corrected chi connectivity index (χ2v) is 7.63. The van der Waals surface area contributed by atoms with Crippen molar-refractivity contribution in [2.24, 2.45) is 0 Å². The van der Waals surface area contributed by atoms with Gasteiger partial charge in [-0.1, -0.05) is 44.2 Å². The summed E-state index contributed by atoms with van der Waals surface area (Å²) >= 11 is 3.51. The molecule has 2 heterocycles. The van der Waals surface area contributed by atoms with Gasteiger partial charge in [0.05, 0.1) is 16.2 Å². The fourth-order valence-corrected chi connectivity index (χ4v) is 4.15. The van der Waals surface area contributed by atoms with Gasteiger partial charge >= 0.3 is 0 Å². The highest BCUT2D eigenvalue weighted by molar-refractivity contribution is 9.10. The predicted octanol–water partition coefficient (Wildman–Crippen LogP) is 3.86. The Labute approximate surface area is 157 Å². The van der Waals surface area contributed by atoms with Gasteiger partial charge in [0.1, 0.15) is 0 Å². The molecule has 2 aromatic rings. The van der Waals surface area contributed by atoms with Crippen LogP contribution in [0.15, 0.2) is 34.8 Å². The molecule has 3 rings (SSSR count). The maximum Gasteiger partial charge on any atom is 0.273 e. The van der Waals surface area contributed by atoms with Crippen LogP contribution in [-0.2, 0) is 0 Å². The second-order valence-electron chi connectivity index (χ2n) is 6.83. The van der Waals surface area contributed by atoms with Gasteiger partial charge in [-0.3, -0.25) is 14.8 Å². The molecule has 1 aliphatic rings. The Balaban J connectivity index is 1.71. The third kappa shape index (κ3) is 4.12. The first-order valence-corrected chi connectivity index (χ1v) is 9.68. The van der Waals surface area contributed by atoms with Crippen molar-refractivity contribution in [2.75, 3.05) is 19.6 Å². The molecule has 0 spiro atoms. The molecule has 25 heavy (non-hydrogen) atoms. The van der Waals surface area contributed by atoms with Crippen molar-refractivity contribution < 1.29 is 4.79 Å². The minimum Gasteiger partial charge on any atom is -0.349 e. The lowest BCUT2D eigenvalue weighted by Gasteiger charge is -2.28. The van der Waals surface area contributed by atoms with Crippen molar-refractivity contribution in [1.82, 2.24) is 20.4 Å². The number of amides is 1. The van der Waals surface area contributed by atoms with Gasteiger partial charge in [-0.05, 0) is 53.3 Å². The third-order valence-electron chi connectivity index (χ3n) is 4.75. The summed E-state index contributed by atoms with van der Waals surface area (Å²) in [5.74, 6) is 0.139. The first-order chi connectivity index (χ1) is 12.1. The Morgan fingerprint density at radius 3 is 2.56 bits per heavy atom. The topological polar surface area (TPSA) is 61.0 Å². The summed E-state index contributed by atoms with van der Waals surface area (Å²) in [5.41, 5.74) is 2.62. The monoisotopic (exact) mass is 404 g/mol. The number of likely N-dealkylation sites (tertiary alicyclic amines) is 1. The molecule has 0 saturated carbocycles. The lowest BCUT2D eigenvalue weighted by atomic mass is 10.1. The normalized spacial score (nSPS) is 16.3. The maximum atomic E-state index is 12.6. The van der Waals surface area contributed by atoms with Crippen LogP contribution in [0.1, 0.15) is 60.4 Å². The minimum absolute atomic E-state index is 0.143. The maximum absolute atomic E-state index is 12.6. The van der Waals surface area contributed by atoms with Crippen molar-refractivity contribution in [3.8, 4) is 0 Å². The lowest BCUT2D eigenvalue weighted by Crippen LogP contribution is -2.37. The van der Waals surface area contributed by atoms with E-state index in [9.17, 15) is 4.79 Å². The molecule has 1 unspecified atom stereocenters. The molecule has 1 atom stereocenters. The van der Waals surface area contributed by atoms with Crippen LogP contribution in [0, 0.1) is 0 Å². The Morgan fingerprint density at radius 2 is 1.96 bits per heavy atom. The molecule has 5 nitrogen and oxygen atoms in total. The second kappa shape index (κ2) is 8.15. The number of nitrogens with zero attached hydrogens (tertiary/aromatic N) is 2. The number of H-pyrrole nitrogens is 1. The fourth-order valence-electron chi connectivity index (χ4n) is 3.33. The van der Waals surface area contributed by atoms with Gasteiger partial charge in [-0.15, -0.1) is 0 Å². The minimum atomic E-state index is -0.143. The SMILES string of the molecule is CC(C)c1[nH]nc(C(=O)NCC(c2ccccc2)N2CCCC2)c1Br. The molecule has 1 aliphatic heterocycles. The Kier molecular flexibility index (Phi) is 5.91. The van der Waals surface area contributed by atoms with E-state index in [4.69, 9.17) is 0 Å². The van der Waals surface area contributed by atoms with Gasteiger partial charge in [0.15, 0.2) is 5.69 Å². The van der Waals surface area contributed by atoms with E-state index in [0.717, 1.165) is 23.3 Å². The molecule has 1 fully saturated rings. The van der Waals surface area contributed by atoms with Crippen LogP contribution in [0.2, 0.25) is 0 Å². The van der Waals surface area contributed by atoms with Gasteiger partial charge in [0, 0.05) is 6.54 Å². The number of carbonyl (C=O) groups excluding carboxylic acids is 1. The lowest BCUT2D eigenvalue weighted by molar-refractivity contribution is 0.0932. The summed E-state index contributed by atoms with van der Waals surface area (Å²) in [5, 5.41) is 10.2. The van der Waals surface area contributed by atoms with E-state index >= 15 is 0 Å². The summed E-state index contributed by atoms with van der Waals surface area (Å²) in [4.78, 5) is 15.1. The number of aromatic nitrogens is 2. The molecule has 1 amide bonds. The van der Waals surface area contributed by atoms with Gasteiger partial charge in [0.25, 0.3) is 5.91 Å². The number of benzene rings is 1. The summed E-state index contributed by atoms with van der Waals surface area (Å²) in [6, 6.07) is 10.6. The van der Waals surface area contributed by atoms with E-state index < -0.39 is 0 Å². The molecule has 1 saturated heterocycles. The smallest absolute Gasteiger partial charge is 0.273 e. The Bertz CT molecular complexity index is 707. The molecule has 1 aromatic heterocycles. The van der Waals surface area contributed by atoms with Gasteiger partial charge in [-0.2, -0.15) is 5.10 Å². The highest BCUT2D eigenvalue weighted by Gasteiger charge is 2.25. The predicted molar refractivity (Wildman–Crippen MR) is 103 cm³/mol. The van der Waals surface area contributed by atoms with Crippen LogP contribution in [-0.4, -0.2) is 40.6 Å². The van der Waals surface area contributed by atoms with Crippen LogP contribution in [0.4, 0.5) is 0 Å². The highest BCUT2D eigenvalue weighted by atomic mass is 79.9. The zero-order valence-corrected chi connectivity index (χ0v) is 16.3. The summed E-state index contributed by atoms with van der Waals surface area (Å²) in [6.07, 6.45) is 2.44. The number of hydrogen-bond donors (Lipinski definition) is 2. The van der Waals surface area contributed by atoms with Crippen molar-refractivity contribution >= 4 is 21.8 Å². The molecular weight excluding hydrogens is 380 g/mol. The summed E-state index contributed by atoms with van der Waals surface area (Å²) in [7, 11) is 0. The average Bonchev–Trinajstić information content (AvgIpc) is 3.25. The zero-order chi connectivity index (χ0) is 17.8. The number of rotatable bonds is 6. The van der Waals surface area contributed by atoms with E-state index in [1.54, 1.807) is 0 Å². The number of aromatic amines is 1. The largest absolute Gasteiger partial charge is 0.349 e. The van der Waals surface area contributed by atoms with Gasteiger partial charge < -0.3 is 5.32 Å². The first-order valence-electron chi connectivity index (χ1n) is 8.89. The van der Waals surface area contributed by atoms with E-state index in [1.807, 2.05) is 6.07 Å². The van der Waals surface area contributed by atoms with E-state index in [2.05, 4.69) is 74.5 Å². The average molecular weight is 405 g/mol. The fraction of sp³-hybridized carbons (Fsp3) is 0.474. The molecule has 0 aliphatic carbocycles. The third-order valence-corrected chi connectivity index (χ3v) is 5.55.